The SMILES string of the molecule is CCCCCCCCN1c2nccc[n+]2CC1(O)c1cc(C)cs1.[Br-]. The lowest BCUT2D eigenvalue weighted by Crippen LogP contribution is -3.00. The Balaban J connectivity index is 0.00000225. The largest absolute Gasteiger partial charge is 1.00 e. The van der Waals surface area contributed by atoms with Gasteiger partial charge in [-0.25, -0.2) is 9.47 Å². The topological polar surface area (TPSA) is 40.2 Å². The molecule has 4 nitrogen and oxygen atoms in total. The highest BCUT2D eigenvalue weighted by atomic mass is 79.9. The van der Waals surface area contributed by atoms with Crippen molar-refractivity contribution >= 4 is 17.3 Å². The average Bonchev–Trinajstić information content (AvgIpc) is 3.13. The molecule has 0 aliphatic carbocycles. The number of anilines is 1. The molecular formula is C19H28BrN3OS. The molecule has 1 N–H and O–H groups in total. The van der Waals surface area contributed by atoms with Crippen LogP contribution in [0.2, 0.25) is 0 Å². The Bertz CT molecular complexity index is 678. The second-order valence-corrected chi connectivity index (χ2v) is 7.68. The van der Waals surface area contributed by atoms with Crippen molar-refractivity contribution in [3.63, 3.8) is 0 Å². The zero-order valence-corrected chi connectivity index (χ0v) is 17.5. The molecule has 0 bridgehead atoms. The molecule has 2 aromatic rings. The van der Waals surface area contributed by atoms with Crippen LogP contribution in [0.1, 0.15) is 55.9 Å². The molecule has 0 saturated carbocycles. The summed E-state index contributed by atoms with van der Waals surface area (Å²) in [5, 5.41) is 13.6. The second kappa shape index (κ2) is 9.10. The van der Waals surface area contributed by atoms with Crippen molar-refractivity contribution in [3.8, 4) is 0 Å². The summed E-state index contributed by atoms with van der Waals surface area (Å²) >= 11 is 1.64. The van der Waals surface area contributed by atoms with Crippen LogP contribution in [0.4, 0.5) is 5.95 Å². The van der Waals surface area contributed by atoms with Crippen molar-refractivity contribution in [2.45, 2.75) is 64.6 Å². The molecule has 0 spiro atoms. The lowest BCUT2D eigenvalue weighted by Gasteiger charge is -2.27. The van der Waals surface area contributed by atoms with Gasteiger partial charge in [0.15, 0.2) is 0 Å². The minimum atomic E-state index is -0.969. The fourth-order valence-corrected chi connectivity index (χ4v) is 4.42. The van der Waals surface area contributed by atoms with Crippen LogP contribution in [0.25, 0.3) is 0 Å². The van der Waals surface area contributed by atoms with E-state index in [1.807, 2.05) is 18.5 Å². The fraction of sp³-hybridized carbons (Fsp3) is 0.579. The summed E-state index contributed by atoms with van der Waals surface area (Å²) < 4.78 is 2.06. The van der Waals surface area contributed by atoms with E-state index in [-0.39, 0.29) is 17.0 Å². The van der Waals surface area contributed by atoms with Crippen molar-refractivity contribution in [3.05, 3.63) is 40.3 Å². The van der Waals surface area contributed by atoms with E-state index in [9.17, 15) is 5.11 Å². The zero-order chi connectivity index (χ0) is 17.0. The Hall–Kier alpha value is -0.980. The van der Waals surface area contributed by atoms with Crippen LogP contribution < -0.4 is 26.4 Å². The number of unbranched alkanes of at least 4 members (excludes halogenated alkanes) is 5. The molecule has 3 heterocycles. The van der Waals surface area contributed by atoms with Gasteiger partial charge in [0.1, 0.15) is 12.7 Å². The summed E-state index contributed by atoms with van der Waals surface area (Å²) in [5.41, 5.74) is 0.237. The maximum Gasteiger partial charge on any atom is 0.396 e. The number of rotatable bonds is 8. The second-order valence-electron chi connectivity index (χ2n) is 6.77. The molecule has 25 heavy (non-hydrogen) atoms. The number of fused-ring (bicyclic) bond motifs is 1. The maximum atomic E-state index is 11.5. The molecule has 0 aromatic carbocycles. The molecule has 1 unspecified atom stereocenters. The van der Waals surface area contributed by atoms with Crippen LogP contribution in [0.3, 0.4) is 0 Å². The highest BCUT2D eigenvalue weighted by molar-refractivity contribution is 7.10. The number of aryl methyl sites for hydroxylation is 1. The third-order valence-electron chi connectivity index (χ3n) is 4.74. The maximum absolute atomic E-state index is 11.5. The van der Waals surface area contributed by atoms with Crippen LogP contribution >= 0.6 is 11.3 Å². The van der Waals surface area contributed by atoms with Crippen molar-refractivity contribution in [1.29, 1.82) is 0 Å². The first-order valence-corrected chi connectivity index (χ1v) is 9.93. The van der Waals surface area contributed by atoms with Gasteiger partial charge in [-0.05, 0) is 30.4 Å². The number of aromatic nitrogens is 2. The van der Waals surface area contributed by atoms with E-state index >= 15 is 0 Å². The van der Waals surface area contributed by atoms with E-state index < -0.39 is 5.72 Å². The van der Waals surface area contributed by atoms with Gasteiger partial charge in [0.05, 0.1) is 17.6 Å². The minimum absolute atomic E-state index is 0. The van der Waals surface area contributed by atoms with Gasteiger partial charge in [0.2, 0.25) is 0 Å². The van der Waals surface area contributed by atoms with E-state index in [1.165, 1.54) is 37.7 Å². The highest BCUT2D eigenvalue weighted by Gasteiger charge is 2.51. The number of halogens is 1. The van der Waals surface area contributed by atoms with Gasteiger partial charge in [-0.3, -0.25) is 0 Å². The standard InChI is InChI=1S/C19H28N3OS.BrH/c1-3-4-5-6-7-8-12-22-18-20-10-9-11-21(18)15-19(22,23)17-13-16(2)14-24-17;/h9-11,13-14,23H,3-8,12,15H2,1-2H3;1H/q+1;/p-1. The smallest absolute Gasteiger partial charge is 0.396 e. The molecule has 2 aromatic heterocycles. The Morgan fingerprint density at radius 3 is 2.76 bits per heavy atom. The fourth-order valence-electron chi connectivity index (χ4n) is 3.42. The van der Waals surface area contributed by atoms with E-state index in [1.54, 1.807) is 11.3 Å². The molecule has 0 saturated heterocycles. The molecule has 1 aliphatic rings. The Morgan fingerprint density at radius 2 is 2.04 bits per heavy atom. The molecule has 1 atom stereocenters. The van der Waals surface area contributed by atoms with Gasteiger partial charge in [-0.15, -0.1) is 11.3 Å². The Labute approximate surface area is 165 Å². The van der Waals surface area contributed by atoms with Crippen molar-refractivity contribution in [2.24, 2.45) is 0 Å². The quantitative estimate of drug-likeness (QED) is 0.501. The summed E-state index contributed by atoms with van der Waals surface area (Å²) in [7, 11) is 0. The zero-order valence-electron chi connectivity index (χ0n) is 15.1. The van der Waals surface area contributed by atoms with Gasteiger partial charge >= 0.3 is 5.95 Å². The molecule has 6 heteroatoms. The number of thiophene rings is 1. The molecule has 0 fully saturated rings. The Kier molecular flexibility index (Phi) is 7.40. The summed E-state index contributed by atoms with van der Waals surface area (Å²) in [6.07, 6.45) is 11.3. The number of hydrogen-bond donors (Lipinski definition) is 1. The van der Waals surface area contributed by atoms with Crippen LogP contribution in [-0.4, -0.2) is 16.6 Å². The van der Waals surface area contributed by atoms with Gasteiger partial charge in [0.25, 0.3) is 5.72 Å². The lowest BCUT2D eigenvalue weighted by atomic mass is 10.1. The normalized spacial score (nSPS) is 18.9. The Morgan fingerprint density at radius 1 is 1.28 bits per heavy atom. The van der Waals surface area contributed by atoms with Crippen molar-refractivity contribution in [1.82, 2.24) is 4.98 Å². The highest BCUT2D eigenvalue weighted by Crippen LogP contribution is 2.37. The third-order valence-corrected chi connectivity index (χ3v) is 5.93. The first-order chi connectivity index (χ1) is 11.6. The van der Waals surface area contributed by atoms with Crippen molar-refractivity contribution < 1.29 is 26.7 Å². The summed E-state index contributed by atoms with van der Waals surface area (Å²) in [4.78, 5) is 7.64. The van der Waals surface area contributed by atoms with Gasteiger partial charge in [-0.2, -0.15) is 0 Å². The molecule has 3 rings (SSSR count). The molecule has 1 aliphatic heterocycles. The van der Waals surface area contributed by atoms with Crippen LogP contribution in [0.5, 0.6) is 0 Å². The predicted molar refractivity (Wildman–Crippen MR) is 98.1 cm³/mol. The van der Waals surface area contributed by atoms with Crippen LogP contribution in [0.15, 0.2) is 29.9 Å². The van der Waals surface area contributed by atoms with E-state index in [4.69, 9.17) is 0 Å². The van der Waals surface area contributed by atoms with E-state index in [2.05, 4.69) is 39.7 Å². The first kappa shape index (κ1) is 20.3. The average molecular weight is 426 g/mol. The summed E-state index contributed by atoms with van der Waals surface area (Å²) in [6, 6.07) is 4.03. The molecular weight excluding hydrogens is 398 g/mol. The van der Waals surface area contributed by atoms with Gasteiger partial charge in [0, 0.05) is 6.07 Å². The van der Waals surface area contributed by atoms with Crippen LogP contribution in [0, 0.1) is 6.92 Å². The van der Waals surface area contributed by atoms with Gasteiger partial charge < -0.3 is 22.1 Å². The molecule has 0 radical (unpaired) electrons. The monoisotopic (exact) mass is 425 g/mol. The van der Waals surface area contributed by atoms with E-state index in [0.29, 0.717) is 6.54 Å². The molecule has 138 valence electrons. The number of aliphatic hydroxyl groups is 1. The minimum Gasteiger partial charge on any atom is -1.00 e. The van der Waals surface area contributed by atoms with Crippen LogP contribution in [-0.2, 0) is 12.3 Å². The molecule has 0 amide bonds. The third kappa shape index (κ3) is 4.41. The lowest BCUT2D eigenvalue weighted by molar-refractivity contribution is -0.685. The number of hydrogen-bond acceptors (Lipinski definition) is 4. The number of nitrogens with zero attached hydrogens (tertiary/aromatic N) is 3. The van der Waals surface area contributed by atoms with E-state index in [0.717, 1.165) is 23.8 Å². The predicted octanol–water partition coefficient (Wildman–Crippen LogP) is 0.769. The van der Waals surface area contributed by atoms with Gasteiger partial charge in [-0.1, -0.05) is 44.0 Å². The summed E-state index contributed by atoms with van der Waals surface area (Å²) in [5.74, 6) is 0.875. The summed E-state index contributed by atoms with van der Waals surface area (Å²) in [6.45, 7) is 5.71. The van der Waals surface area contributed by atoms with Crippen molar-refractivity contribution in [2.75, 3.05) is 11.4 Å². The first-order valence-electron chi connectivity index (χ1n) is 9.05.